The van der Waals surface area contributed by atoms with Gasteiger partial charge in [-0.1, -0.05) is 35.0 Å². The topological polar surface area (TPSA) is 63.0 Å². The molecule has 0 radical (unpaired) electrons. The molecule has 0 atom stereocenters. The van der Waals surface area contributed by atoms with Crippen LogP contribution in [0.15, 0.2) is 52.7 Å². The lowest BCUT2D eigenvalue weighted by Crippen LogP contribution is -2.19. The minimum Gasteiger partial charge on any atom is -0.456 e. The standard InChI is InChI=1S/C16H11Cl2N3O2S/c17-11-3-6-14(13(18)7-11)23-12-4-1-10(2-5-12)8-19-21-16-20-15(22)9-24-16/h1-8H,9H2,(H,20,21,22). The third-order valence-electron chi connectivity index (χ3n) is 2.94. The van der Waals surface area contributed by atoms with Crippen molar-refractivity contribution in [1.82, 2.24) is 5.32 Å². The number of nitrogens with zero attached hydrogens (tertiary/aromatic N) is 2. The molecule has 1 fully saturated rings. The molecule has 2 aromatic carbocycles. The van der Waals surface area contributed by atoms with Crippen molar-refractivity contribution in [2.24, 2.45) is 10.2 Å². The summed E-state index contributed by atoms with van der Waals surface area (Å²) in [7, 11) is 0. The zero-order chi connectivity index (χ0) is 16.9. The zero-order valence-corrected chi connectivity index (χ0v) is 14.5. The van der Waals surface area contributed by atoms with Gasteiger partial charge in [0.25, 0.3) is 0 Å². The first kappa shape index (κ1) is 16.8. The van der Waals surface area contributed by atoms with Gasteiger partial charge in [-0.05, 0) is 48.0 Å². The van der Waals surface area contributed by atoms with Crippen LogP contribution in [-0.2, 0) is 4.79 Å². The second-order valence-corrected chi connectivity index (χ2v) is 6.54. The van der Waals surface area contributed by atoms with Gasteiger partial charge in [0.15, 0.2) is 5.17 Å². The normalized spacial score (nSPS) is 15.9. The number of hydrogen-bond acceptors (Lipinski definition) is 5. The van der Waals surface area contributed by atoms with E-state index in [0.717, 1.165) is 5.56 Å². The van der Waals surface area contributed by atoms with E-state index in [9.17, 15) is 4.79 Å². The number of benzene rings is 2. The predicted molar refractivity (Wildman–Crippen MR) is 98.6 cm³/mol. The van der Waals surface area contributed by atoms with E-state index in [0.29, 0.717) is 32.5 Å². The first-order chi connectivity index (χ1) is 11.6. The summed E-state index contributed by atoms with van der Waals surface area (Å²) in [4.78, 5) is 11.0. The average Bonchev–Trinajstić information content (AvgIpc) is 2.97. The first-order valence-electron chi connectivity index (χ1n) is 6.87. The Balaban J connectivity index is 1.64. The third-order valence-corrected chi connectivity index (χ3v) is 4.34. The molecule has 122 valence electrons. The van der Waals surface area contributed by atoms with Crippen LogP contribution in [0.4, 0.5) is 0 Å². The van der Waals surface area contributed by atoms with Gasteiger partial charge in [-0.3, -0.25) is 4.79 Å². The summed E-state index contributed by atoms with van der Waals surface area (Å²) < 4.78 is 5.70. The van der Waals surface area contributed by atoms with Crippen LogP contribution in [0.1, 0.15) is 5.56 Å². The average molecular weight is 380 g/mol. The molecule has 0 saturated carbocycles. The summed E-state index contributed by atoms with van der Waals surface area (Å²) in [5.41, 5.74) is 0.850. The van der Waals surface area contributed by atoms with Crippen molar-refractivity contribution < 1.29 is 9.53 Å². The van der Waals surface area contributed by atoms with Crippen LogP contribution < -0.4 is 10.1 Å². The molecule has 1 N–H and O–H groups in total. The molecule has 0 aliphatic carbocycles. The number of nitrogens with one attached hydrogen (secondary N) is 1. The summed E-state index contributed by atoms with van der Waals surface area (Å²) in [5, 5.41) is 12.0. The molecule has 1 aliphatic rings. The fraction of sp³-hybridized carbons (Fsp3) is 0.0625. The summed E-state index contributed by atoms with van der Waals surface area (Å²) >= 11 is 13.3. The number of carbonyl (C=O) groups is 1. The van der Waals surface area contributed by atoms with Gasteiger partial charge in [0.2, 0.25) is 5.91 Å². The molecule has 0 bridgehead atoms. The summed E-state index contributed by atoms with van der Waals surface area (Å²) in [5.74, 6) is 1.49. The third kappa shape index (κ3) is 4.50. The number of halogens is 2. The summed E-state index contributed by atoms with van der Waals surface area (Å²) in [6.45, 7) is 0. The Morgan fingerprint density at radius 3 is 2.62 bits per heavy atom. The van der Waals surface area contributed by atoms with Crippen molar-refractivity contribution in [2.75, 3.05) is 5.75 Å². The van der Waals surface area contributed by atoms with Crippen LogP contribution in [0.3, 0.4) is 0 Å². The molecule has 1 heterocycles. The molecule has 1 aliphatic heterocycles. The highest BCUT2D eigenvalue weighted by molar-refractivity contribution is 8.15. The Morgan fingerprint density at radius 2 is 1.96 bits per heavy atom. The molecule has 2 aromatic rings. The number of rotatable bonds is 4. The van der Waals surface area contributed by atoms with Gasteiger partial charge in [-0.15, -0.1) is 5.10 Å². The highest BCUT2D eigenvalue weighted by Crippen LogP contribution is 2.31. The molecular weight excluding hydrogens is 369 g/mol. The number of carbonyl (C=O) groups excluding carboxylic acids is 1. The number of ether oxygens (including phenoxy) is 1. The first-order valence-corrected chi connectivity index (χ1v) is 8.61. The molecule has 0 unspecified atom stereocenters. The summed E-state index contributed by atoms with van der Waals surface area (Å²) in [6.07, 6.45) is 1.59. The Morgan fingerprint density at radius 1 is 1.17 bits per heavy atom. The Labute approximate surface area is 152 Å². The smallest absolute Gasteiger partial charge is 0.236 e. The van der Waals surface area contributed by atoms with Crippen LogP contribution in [-0.4, -0.2) is 23.0 Å². The van der Waals surface area contributed by atoms with E-state index in [2.05, 4.69) is 15.5 Å². The van der Waals surface area contributed by atoms with Crippen molar-refractivity contribution in [3.63, 3.8) is 0 Å². The number of thioether (sulfide) groups is 1. The molecule has 0 spiro atoms. The minimum absolute atomic E-state index is 0.0590. The number of hydrogen-bond donors (Lipinski definition) is 1. The summed E-state index contributed by atoms with van der Waals surface area (Å²) in [6, 6.07) is 12.3. The fourth-order valence-electron chi connectivity index (χ4n) is 1.83. The highest BCUT2D eigenvalue weighted by atomic mass is 35.5. The highest BCUT2D eigenvalue weighted by Gasteiger charge is 2.15. The van der Waals surface area contributed by atoms with Crippen LogP contribution in [0, 0.1) is 0 Å². The molecule has 8 heteroatoms. The molecular formula is C16H11Cl2N3O2S. The van der Waals surface area contributed by atoms with Crippen LogP contribution >= 0.6 is 35.0 Å². The van der Waals surface area contributed by atoms with Crippen molar-refractivity contribution >= 4 is 52.3 Å². The minimum atomic E-state index is -0.0590. The van der Waals surface area contributed by atoms with Gasteiger partial charge < -0.3 is 10.1 Å². The molecule has 1 saturated heterocycles. The second kappa shape index (κ2) is 7.70. The zero-order valence-electron chi connectivity index (χ0n) is 12.2. The van der Waals surface area contributed by atoms with Gasteiger partial charge in [0.1, 0.15) is 11.5 Å². The maximum absolute atomic E-state index is 11.0. The Bertz CT molecular complexity index is 823. The van der Waals surface area contributed by atoms with Gasteiger partial charge in [-0.2, -0.15) is 5.10 Å². The van der Waals surface area contributed by atoms with E-state index in [1.165, 1.54) is 11.8 Å². The number of amidine groups is 1. The SMILES string of the molecule is O=C1CSC(=NN=Cc2ccc(Oc3ccc(Cl)cc3Cl)cc2)N1. The van der Waals surface area contributed by atoms with Gasteiger partial charge in [0.05, 0.1) is 17.0 Å². The lowest BCUT2D eigenvalue weighted by Gasteiger charge is -2.07. The van der Waals surface area contributed by atoms with Gasteiger partial charge in [-0.25, -0.2) is 0 Å². The van der Waals surface area contributed by atoms with E-state index in [1.807, 2.05) is 12.1 Å². The van der Waals surface area contributed by atoms with Crippen molar-refractivity contribution in [1.29, 1.82) is 0 Å². The second-order valence-electron chi connectivity index (χ2n) is 4.73. The quantitative estimate of drug-likeness (QED) is 0.634. The Hall–Kier alpha value is -2.02. The molecule has 1 amide bonds. The maximum atomic E-state index is 11.0. The van der Waals surface area contributed by atoms with E-state index >= 15 is 0 Å². The van der Waals surface area contributed by atoms with Crippen molar-refractivity contribution in [3.05, 3.63) is 58.1 Å². The molecule has 5 nitrogen and oxygen atoms in total. The van der Waals surface area contributed by atoms with E-state index in [4.69, 9.17) is 27.9 Å². The predicted octanol–water partition coefficient (Wildman–Crippen LogP) is 4.34. The van der Waals surface area contributed by atoms with Gasteiger partial charge >= 0.3 is 0 Å². The lowest BCUT2D eigenvalue weighted by molar-refractivity contribution is -0.116. The van der Waals surface area contributed by atoms with Crippen LogP contribution in [0.5, 0.6) is 11.5 Å². The van der Waals surface area contributed by atoms with E-state index in [1.54, 1.807) is 36.5 Å². The Kier molecular flexibility index (Phi) is 5.40. The van der Waals surface area contributed by atoms with Gasteiger partial charge in [0, 0.05) is 5.02 Å². The van der Waals surface area contributed by atoms with E-state index in [-0.39, 0.29) is 5.91 Å². The fourth-order valence-corrected chi connectivity index (χ4v) is 2.91. The van der Waals surface area contributed by atoms with Crippen molar-refractivity contribution in [3.8, 4) is 11.5 Å². The maximum Gasteiger partial charge on any atom is 0.236 e. The molecule has 3 rings (SSSR count). The van der Waals surface area contributed by atoms with Crippen LogP contribution in [0.25, 0.3) is 0 Å². The van der Waals surface area contributed by atoms with E-state index < -0.39 is 0 Å². The van der Waals surface area contributed by atoms with Crippen molar-refractivity contribution in [2.45, 2.75) is 0 Å². The molecule has 24 heavy (non-hydrogen) atoms. The monoisotopic (exact) mass is 379 g/mol. The van der Waals surface area contributed by atoms with Crippen LogP contribution in [0.2, 0.25) is 10.0 Å². The largest absolute Gasteiger partial charge is 0.456 e. The molecule has 0 aromatic heterocycles. The number of amides is 1. The lowest BCUT2D eigenvalue weighted by atomic mass is 10.2.